The molecule has 0 amide bonds. The summed E-state index contributed by atoms with van der Waals surface area (Å²) in [7, 11) is 0. The van der Waals surface area contributed by atoms with Crippen molar-refractivity contribution in [3.63, 3.8) is 0 Å². The van der Waals surface area contributed by atoms with E-state index in [4.69, 9.17) is 4.98 Å². The lowest BCUT2D eigenvalue weighted by Crippen LogP contribution is -2.48. The first kappa shape index (κ1) is 13.3. The van der Waals surface area contributed by atoms with Gasteiger partial charge in [0.15, 0.2) is 0 Å². The van der Waals surface area contributed by atoms with Gasteiger partial charge in [0.1, 0.15) is 0 Å². The molecule has 1 heterocycles. The Labute approximate surface area is 137 Å². The molecule has 2 bridgehead atoms. The Balaban J connectivity index is 1.70. The smallest absolute Gasteiger partial charge is 0.0712 e. The molecule has 1 heteroatoms. The minimum atomic E-state index is 0.458. The highest BCUT2D eigenvalue weighted by Gasteiger charge is 2.52. The molecule has 2 aromatic carbocycles. The van der Waals surface area contributed by atoms with E-state index in [-0.39, 0.29) is 0 Å². The average molecular weight is 299 g/mol. The molecule has 2 atom stereocenters. The maximum atomic E-state index is 4.95. The summed E-state index contributed by atoms with van der Waals surface area (Å²) in [6.45, 7) is 4.89. The van der Waals surface area contributed by atoms with Crippen LogP contribution in [0.5, 0.6) is 0 Å². The van der Waals surface area contributed by atoms with E-state index < -0.39 is 0 Å². The van der Waals surface area contributed by atoms with Gasteiger partial charge in [-0.1, -0.05) is 56.3 Å². The lowest BCUT2D eigenvalue weighted by atomic mass is 9.47. The second kappa shape index (κ2) is 4.44. The Morgan fingerprint density at radius 1 is 0.957 bits per heavy atom. The van der Waals surface area contributed by atoms with Crippen molar-refractivity contribution in [1.82, 2.24) is 4.98 Å². The highest BCUT2D eigenvalue weighted by atomic mass is 14.7. The van der Waals surface area contributed by atoms with Crippen LogP contribution in [0.25, 0.3) is 22.2 Å². The molecular formula is C22H21N. The number of fused-ring (bicyclic) bond motifs is 1. The molecule has 1 fully saturated rings. The Hall–Kier alpha value is -2.15. The van der Waals surface area contributed by atoms with Crippen LogP contribution in [0.3, 0.4) is 0 Å². The second-order valence-electron chi connectivity index (χ2n) is 7.78. The molecule has 3 aromatic rings. The number of aromatic nitrogens is 1. The minimum Gasteiger partial charge on any atom is -0.248 e. The molecule has 114 valence electrons. The van der Waals surface area contributed by atoms with E-state index in [1.165, 1.54) is 23.8 Å². The molecule has 0 N–H and O–H groups in total. The summed E-state index contributed by atoms with van der Waals surface area (Å²) in [5.41, 5.74) is 7.01. The van der Waals surface area contributed by atoms with Crippen molar-refractivity contribution in [1.29, 1.82) is 0 Å². The number of rotatable bonds is 1. The van der Waals surface area contributed by atoms with Gasteiger partial charge in [0, 0.05) is 10.9 Å². The summed E-state index contributed by atoms with van der Waals surface area (Å²) in [5, 5.41) is 1.37. The monoisotopic (exact) mass is 299 g/mol. The molecule has 1 nitrogen and oxygen atoms in total. The topological polar surface area (TPSA) is 12.9 Å². The van der Waals surface area contributed by atoms with Gasteiger partial charge in [-0.3, -0.25) is 0 Å². The third kappa shape index (κ3) is 1.77. The van der Waals surface area contributed by atoms with E-state index in [1.807, 2.05) is 0 Å². The lowest BCUT2D eigenvalue weighted by Gasteiger charge is -2.57. The first-order chi connectivity index (χ1) is 11.1. The first-order valence-electron chi connectivity index (χ1n) is 8.62. The minimum absolute atomic E-state index is 0.458. The number of pyridine rings is 1. The lowest BCUT2D eigenvalue weighted by molar-refractivity contribution is 0.0196. The zero-order valence-corrected chi connectivity index (χ0v) is 13.7. The normalized spacial score (nSPS) is 24.1. The van der Waals surface area contributed by atoms with E-state index in [2.05, 4.69) is 68.4 Å². The number of hydrogen-bond acceptors (Lipinski definition) is 1. The largest absolute Gasteiger partial charge is 0.248 e. The summed E-state index contributed by atoms with van der Waals surface area (Å²) in [4.78, 5) is 4.95. The van der Waals surface area contributed by atoms with E-state index in [0.29, 0.717) is 11.3 Å². The van der Waals surface area contributed by atoms with Crippen molar-refractivity contribution in [3.8, 4) is 11.3 Å². The van der Waals surface area contributed by atoms with E-state index >= 15 is 0 Å². The summed E-state index contributed by atoms with van der Waals surface area (Å²) in [5.74, 6) is 1.58. The zero-order valence-electron chi connectivity index (χ0n) is 13.7. The molecule has 0 spiro atoms. The zero-order chi connectivity index (χ0) is 15.6. The summed E-state index contributed by atoms with van der Waals surface area (Å²) >= 11 is 0. The SMILES string of the molecule is CC1(C)C2Cc3ccc4nc(-c5ccccc5)ccc4c3C1C2. The average Bonchev–Trinajstić information content (AvgIpc) is 2.61. The van der Waals surface area contributed by atoms with Gasteiger partial charge in [-0.25, -0.2) is 4.98 Å². The van der Waals surface area contributed by atoms with Gasteiger partial charge < -0.3 is 0 Å². The van der Waals surface area contributed by atoms with E-state index in [1.54, 1.807) is 11.1 Å². The Morgan fingerprint density at radius 2 is 1.78 bits per heavy atom. The molecule has 23 heavy (non-hydrogen) atoms. The molecule has 6 rings (SSSR count). The second-order valence-corrected chi connectivity index (χ2v) is 7.78. The third-order valence-electron chi connectivity index (χ3n) is 6.36. The van der Waals surface area contributed by atoms with Crippen LogP contribution >= 0.6 is 0 Å². The standard InChI is InChI=1S/C22H21N/c1-22(2)16-12-15-8-10-20-17(21(15)18(22)13-16)9-11-19(23-20)14-6-4-3-5-7-14/h3-11,16,18H,12-13H2,1-2H3. The molecule has 3 aliphatic rings. The number of benzene rings is 2. The van der Waals surface area contributed by atoms with Gasteiger partial charge in [-0.15, -0.1) is 0 Å². The van der Waals surface area contributed by atoms with Gasteiger partial charge in [0.2, 0.25) is 0 Å². The highest BCUT2D eigenvalue weighted by Crippen LogP contribution is 2.63. The van der Waals surface area contributed by atoms with Crippen LogP contribution < -0.4 is 0 Å². The Morgan fingerprint density at radius 3 is 2.57 bits per heavy atom. The van der Waals surface area contributed by atoms with Gasteiger partial charge >= 0.3 is 0 Å². The number of nitrogens with zero attached hydrogens (tertiary/aromatic N) is 1. The molecule has 3 aliphatic carbocycles. The predicted octanol–water partition coefficient (Wildman–Crippen LogP) is 5.59. The van der Waals surface area contributed by atoms with E-state index in [9.17, 15) is 0 Å². The van der Waals surface area contributed by atoms with Crippen molar-refractivity contribution in [2.45, 2.75) is 32.6 Å². The third-order valence-corrected chi connectivity index (χ3v) is 6.36. The van der Waals surface area contributed by atoms with Crippen LogP contribution in [0.2, 0.25) is 0 Å². The van der Waals surface area contributed by atoms with Crippen molar-refractivity contribution >= 4 is 10.9 Å². The fraction of sp³-hybridized carbons (Fsp3) is 0.318. The maximum absolute atomic E-state index is 4.95. The van der Waals surface area contributed by atoms with Crippen LogP contribution in [-0.4, -0.2) is 4.98 Å². The molecule has 1 aromatic heterocycles. The van der Waals surface area contributed by atoms with Crippen LogP contribution in [-0.2, 0) is 6.42 Å². The fourth-order valence-corrected chi connectivity index (χ4v) is 4.75. The van der Waals surface area contributed by atoms with Gasteiger partial charge in [0.25, 0.3) is 0 Å². The highest BCUT2D eigenvalue weighted by molar-refractivity contribution is 5.87. The van der Waals surface area contributed by atoms with E-state index in [0.717, 1.165) is 17.1 Å². The molecule has 0 saturated heterocycles. The quantitative estimate of drug-likeness (QED) is 0.571. The van der Waals surface area contributed by atoms with Gasteiger partial charge in [0.05, 0.1) is 11.2 Å². The first-order valence-corrected chi connectivity index (χ1v) is 8.62. The van der Waals surface area contributed by atoms with Gasteiger partial charge in [-0.2, -0.15) is 0 Å². The summed E-state index contributed by atoms with van der Waals surface area (Å²) in [6.07, 6.45) is 2.61. The molecule has 2 unspecified atom stereocenters. The van der Waals surface area contributed by atoms with Crippen molar-refractivity contribution in [3.05, 3.63) is 65.7 Å². The van der Waals surface area contributed by atoms with Crippen molar-refractivity contribution in [2.24, 2.45) is 11.3 Å². The molecule has 0 radical (unpaired) electrons. The molecule has 0 aliphatic heterocycles. The molecular weight excluding hydrogens is 278 g/mol. The number of hydrogen-bond donors (Lipinski definition) is 0. The predicted molar refractivity (Wildman–Crippen MR) is 95.5 cm³/mol. The van der Waals surface area contributed by atoms with Crippen LogP contribution in [0.4, 0.5) is 0 Å². The summed E-state index contributed by atoms with van der Waals surface area (Å²) < 4.78 is 0. The van der Waals surface area contributed by atoms with Crippen molar-refractivity contribution < 1.29 is 0 Å². The maximum Gasteiger partial charge on any atom is 0.0712 e. The van der Waals surface area contributed by atoms with Crippen LogP contribution in [0.15, 0.2) is 54.6 Å². The Bertz CT molecular complexity index is 908. The van der Waals surface area contributed by atoms with Crippen LogP contribution in [0.1, 0.15) is 37.3 Å². The van der Waals surface area contributed by atoms with Crippen LogP contribution in [0, 0.1) is 11.3 Å². The Kier molecular flexibility index (Phi) is 2.57. The van der Waals surface area contributed by atoms with Gasteiger partial charge in [-0.05, 0) is 53.4 Å². The summed E-state index contributed by atoms with van der Waals surface area (Å²) in [6, 6.07) is 19.5. The molecule has 1 saturated carbocycles. The fourth-order valence-electron chi connectivity index (χ4n) is 4.75. The van der Waals surface area contributed by atoms with Crippen molar-refractivity contribution in [2.75, 3.05) is 0 Å².